The maximum atomic E-state index is 12.5. The van der Waals surface area contributed by atoms with Crippen molar-refractivity contribution in [2.24, 2.45) is 0 Å². The summed E-state index contributed by atoms with van der Waals surface area (Å²) in [6.45, 7) is 3.79. The van der Waals surface area contributed by atoms with Gasteiger partial charge in [0.05, 0.1) is 30.3 Å². The lowest BCUT2D eigenvalue weighted by Crippen LogP contribution is -2.36. The number of hydrogen-bond donors (Lipinski definition) is 1. The third kappa shape index (κ3) is 3.34. The van der Waals surface area contributed by atoms with Gasteiger partial charge in [-0.05, 0) is 42.2 Å². The molecule has 0 saturated carbocycles. The van der Waals surface area contributed by atoms with Crippen LogP contribution >= 0.6 is 22.7 Å². The fraction of sp³-hybridized carbons (Fsp3) is 0.529. The Balaban J connectivity index is 1.37. The van der Waals surface area contributed by atoms with Gasteiger partial charge in [0.15, 0.2) is 5.13 Å². The van der Waals surface area contributed by atoms with E-state index in [0.29, 0.717) is 6.54 Å². The lowest BCUT2D eigenvalue weighted by Gasteiger charge is -2.26. The second kappa shape index (κ2) is 7.21. The summed E-state index contributed by atoms with van der Waals surface area (Å²) in [4.78, 5) is 20.3. The second-order valence-corrected chi connectivity index (χ2v) is 7.90. The van der Waals surface area contributed by atoms with E-state index in [-0.39, 0.29) is 5.91 Å². The van der Waals surface area contributed by atoms with Crippen molar-refractivity contribution < 1.29 is 9.53 Å². The molecular formula is C17H21N3O2S2. The molecule has 1 aliphatic heterocycles. The van der Waals surface area contributed by atoms with Crippen LogP contribution in [0.1, 0.15) is 39.3 Å². The molecule has 5 nitrogen and oxygen atoms in total. The lowest BCUT2D eigenvalue weighted by molar-refractivity contribution is 0.0953. The number of nitrogens with one attached hydrogen (secondary N) is 1. The van der Waals surface area contributed by atoms with E-state index in [1.807, 2.05) is 5.38 Å². The van der Waals surface area contributed by atoms with Gasteiger partial charge >= 0.3 is 0 Å². The number of thiazole rings is 1. The normalized spacial score (nSPS) is 17.6. The number of aromatic nitrogens is 1. The van der Waals surface area contributed by atoms with Crippen LogP contribution in [-0.2, 0) is 24.1 Å². The molecule has 0 spiro atoms. The van der Waals surface area contributed by atoms with E-state index in [0.717, 1.165) is 54.8 Å². The Morgan fingerprint density at radius 1 is 1.21 bits per heavy atom. The first-order valence-electron chi connectivity index (χ1n) is 8.46. The van der Waals surface area contributed by atoms with Gasteiger partial charge in [-0.2, -0.15) is 0 Å². The quantitative estimate of drug-likeness (QED) is 0.908. The number of morpholine rings is 1. The van der Waals surface area contributed by atoms with E-state index in [1.54, 1.807) is 22.7 Å². The van der Waals surface area contributed by atoms with Crippen LogP contribution < -0.4 is 10.2 Å². The third-order valence-electron chi connectivity index (χ3n) is 4.56. The highest BCUT2D eigenvalue weighted by molar-refractivity contribution is 7.13. The molecule has 1 fully saturated rings. The zero-order valence-electron chi connectivity index (χ0n) is 13.5. The number of nitrogens with zero attached hydrogens (tertiary/aromatic N) is 2. The highest BCUT2D eigenvalue weighted by atomic mass is 32.1. The first-order valence-corrected chi connectivity index (χ1v) is 10.2. The van der Waals surface area contributed by atoms with E-state index in [1.165, 1.54) is 24.0 Å². The molecular weight excluding hydrogens is 342 g/mol. The summed E-state index contributed by atoms with van der Waals surface area (Å²) >= 11 is 3.22. The average molecular weight is 364 g/mol. The number of ether oxygens (including phenoxy) is 1. The summed E-state index contributed by atoms with van der Waals surface area (Å²) in [6, 6.07) is 0. The topological polar surface area (TPSA) is 54.5 Å². The van der Waals surface area contributed by atoms with Crippen molar-refractivity contribution in [3.63, 3.8) is 0 Å². The molecule has 7 heteroatoms. The van der Waals surface area contributed by atoms with E-state index in [2.05, 4.69) is 20.6 Å². The lowest BCUT2D eigenvalue weighted by atomic mass is 9.94. The van der Waals surface area contributed by atoms with Gasteiger partial charge in [-0.3, -0.25) is 4.79 Å². The van der Waals surface area contributed by atoms with Gasteiger partial charge in [0.1, 0.15) is 0 Å². The Kier molecular flexibility index (Phi) is 4.82. The number of carbonyl (C=O) groups excluding carboxylic acids is 1. The molecule has 0 bridgehead atoms. The fourth-order valence-corrected chi connectivity index (χ4v) is 5.19. The average Bonchev–Trinajstić information content (AvgIpc) is 3.27. The molecule has 2 aliphatic rings. The molecule has 2 aromatic rings. The summed E-state index contributed by atoms with van der Waals surface area (Å²) in [7, 11) is 0. The van der Waals surface area contributed by atoms with Crippen LogP contribution in [0.4, 0.5) is 5.13 Å². The Morgan fingerprint density at radius 3 is 2.92 bits per heavy atom. The number of rotatable bonds is 4. The largest absolute Gasteiger partial charge is 0.378 e. The Labute approximate surface area is 149 Å². The number of carbonyl (C=O) groups is 1. The molecule has 4 rings (SSSR count). The minimum Gasteiger partial charge on any atom is -0.378 e. The van der Waals surface area contributed by atoms with Crippen LogP contribution in [0.2, 0.25) is 0 Å². The maximum Gasteiger partial charge on any atom is 0.261 e. The molecule has 24 heavy (non-hydrogen) atoms. The number of hydrogen-bond acceptors (Lipinski definition) is 6. The number of amides is 1. The maximum absolute atomic E-state index is 12.5. The number of anilines is 1. The molecule has 128 valence electrons. The van der Waals surface area contributed by atoms with Gasteiger partial charge in [-0.1, -0.05) is 0 Å². The second-order valence-electron chi connectivity index (χ2n) is 6.18. The monoisotopic (exact) mass is 363 g/mol. The van der Waals surface area contributed by atoms with Crippen molar-refractivity contribution in [1.29, 1.82) is 0 Å². The highest BCUT2D eigenvalue weighted by Crippen LogP contribution is 2.29. The van der Waals surface area contributed by atoms with E-state index < -0.39 is 0 Å². The molecule has 1 saturated heterocycles. The molecule has 0 atom stereocenters. The van der Waals surface area contributed by atoms with Crippen molar-refractivity contribution in [1.82, 2.24) is 10.3 Å². The van der Waals surface area contributed by atoms with Crippen LogP contribution in [0, 0.1) is 0 Å². The first-order chi connectivity index (χ1) is 11.8. The minimum atomic E-state index is 0.0454. The van der Waals surface area contributed by atoms with Gasteiger partial charge in [-0.15, -0.1) is 22.7 Å². The van der Waals surface area contributed by atoms with Crippen LogP contribution in [0.15, 0.2) is 10.8 Å². The highest BCUT2D eigenvalue weighted by Gasteiger charge is 2.20. The van der Waals surface area contributed by atoms with Crippen molar-refractivity contribution in [3.8, 4) is 0 Å². The SMILES string of the molecule is O=C(NCc1csc(N2CCOCC2)n1)c1scc2c1CCCC2. The molecule has 2 aromatic heterocycles. The zero-order chi connectivity index (χ0) is 16.4. The van der Waals surface area contributed by atoms with Crippen LogP contribution in [-0.4, -0.2) is 37.2 Å². The standard InChI is InChI=1S/C17H21N3O2S2/c21-16(15-14-4-2-1-3-12(14)10-23-15)18-9-13-11-24-17(19-13)20-5-7-22-8-6-20/h10-11H,1-9H2,(H,18,21). The summed E-state index contributed by atoms with van der Waals surface area (Å²) in [5.74, 6) is 0.0454. The van der Waals surface area contributed by atoms with Crippen molar-refractivity contribution in [2.45, 2.75) is 32.2 Å². The number of aryl methyl sites for hydroxylation is 1. The van der Waals surface area contributed by atoms with Gasteiger partial charge in [0.2, 0.25) is 0 Å². The Bertz CT molecular complexity index is 719. The Morgan fingerprint density at radius 2 is 2.04 bits per heavy atom. The van der Waals surface area contributed by atoms with Crippen LogP contribution in [0.25, 0.3) is 0 Å². The van der Waals surface area contributed by atoms with E-state index in [9.17, 15) is 4.79 Å². The molecule has 1 N–H and O–H groups in total. The fourth-order valence-electron chi connectivity index (χ4n) is 3.24. The summed E-state index contributed by atoms with van der Waals surface area (Å²) in [5, 5.41) is 8.26. The molecule has 1 amide bonds. The van der Waals surface area contributed by atoms with Gasteiger partial charge in [-0.25, -0.2) is 4.98 Å². The molecule has 0 aromatic carbocycles. The predicted octanol–water partition coefficient (Wildman–Crippen LogP) is 2.85. The van der Waals surface area contributed by atoms with Gasteiger partial charge in [0.25, 0.3) is 5.91 Å². The van der Waals surface area contributed by atoms with Gasteiger partial charge in [0, 0.05) is 18.5 Å². The zero-order valence-corrected chi connectivity index (χ0v) is 15.2. The van der Waals surface area contributed by atoms with Crippen LogP contribution in [0.3, 0.4) is 0 Å². The van der Waals surface area contributed by atoms with Crippen molar-refractivity contribution in [2.75, 3.05) is 31.2 Å². The Hall–Kier alpha value is -1.44. The number of fused-ring (bicyclic) bond motifs is 1. The number of thiophene rings is 1. The summed E-state index contributed by atoms with van der Waals surface area (Å²) in [6.07, 6.45) is 4.60. The van der Waals surface area contributed by atoms with Crippen LogP contribution in [0.5, 0.6) is 0 Å². The molecule has 0 unspecified atom stereocenters. The van der Waals surface area contributed by atoms with Crippen molar-refractivity contribution in [3.05, 3.63) is 32.5 Å². The van der Waals surface area contributed by atoms with E-state index in [4.69, 9.17) is 4.74 Å². The minimum absolute atomic E-state index is 0.0454. The smallest absolute Gasteiger partial charge is 0.261 e. The third-order valence-corrected chi connectivity index (χ3v) is 6.58. The van der Waals surface area contributed by atoms with Crippen molar-refractivity contribution >= 4 is 33.7 Å². The van der Waals surface area contributed by atoms with Gasteiger partial charge < -0.3 is 15.0 Å². The molecule has 3 heterocycles. The summed E-state index contributed by atoms with van der Waals surface area (Å²) < 4.78 is 5.37. The predicted molar refractivity (Wildman–Crippen MR) is 97.3 cm³/mol. The summed E-state index contributed by atoms with van der Waals surface area (Å²) in [5.41, 5.74) is 3.58. The molecule has 0 radical (unpaired) electrons. The molecule has 1 aliphatic carbocycles. The van der Waals surface area contributed by atoms with E-state index >= 15 is 0 Å². The first kappa shape index (κ1) is 16.1.